The van der Waals surface area contributed by atoms with Gasteiger partial charge in [-0.25, -0.2) is 22.9 Å². The van der Waals surface area contributed by atoms with Crippen LogP contribution in [0.25, 0.3) is 0 Å². The first-order valence-corrected chi connectivity index (χ1v) is 12.6. The Morgan fingerprint density at radius 2 is 2.17 bits per heavy atom. The number of benzene rings is 1. The second kappa shape index (κ2) is 9.60. The molecular formula is C24H22ClF3N4O3S. The van der Waals surface area contributed by atoms with Crippen molar-refractivity contribution in [1.82, 2.24) is 15.2 Å². The van der Waals surface area contributed by atoms with Crippen LogP contribution in [0, 0.1) is 5.82 Å². The normalized spacial score (nSPS) is 23.9. The highest BCUT2D eigenvalue weighted by atomic mass is 35.5. The third kappa shape index (κ3) is 4.91. The number of nitrogens with one attached hydrogen (secondary N) is 1. The summed E-state index contributed by atoms with van der Waals surface area (Å²) in [5, 5.41) is 5.64. The number of methoxy groups -OCH3 is 1. The second-order valence-electron chi connectivity index (χ2n) is 9.08. The number of aldehydes is 1. The Hall–Kier alpha value is -2.76. The summed E-state index contributed by atoms with van der Waals surface area (Å²) in [4.78, 5) is 35.2. The van der Waals surface area contributed by atoms with Crippen LogP contribution in [-0.4, -0.2) is 60.1 Å². The SMILES string of the molecule is COC(=O)C1=C(CN2CC(F)(F)CC2C=O)NC(c2nc(C3CC3)cs2)=N[C@H]1c1ccc(F)cc1Cl. The van der Waals surface area contributed by atoms with E-state index in [4.69, 9.17) is 21.3 Å². The highest BCUT2D eigenvalue weighted by molar-refractivity contribution is 7.11. The first-order valence-electron chi connectivity index (χ1n) is 11.3. The minimum Gasteiger partial charge on any atom is -0.466 e. The van der Waals surface area contributed by atoms with Gasteiger partial charge < -0.3 is 14.8 Å². The number of thiazole rings is 1. The molecule has 0 bridgehead atoms. The number of halogens is 4. The number of esters is 1. The molecule has 7 nitrogen and oxygen atoms in total. The van der Waals surface area contributed by atoms with E-state index in [0.29, 0.717) is 28.6 Å². The van der Waals surface area contributed by atoms with E-state index in [0.717, 1.165) is 24.6 Å². The van der Waals surface area contributed by atoms with Gasteiger partial charge in [0.25, 0.3) is 5.92 Å². The zero-order valence-electron chi connectivity index (χ0n) is 19.1. The Kier molecular flexibility index (Phi) is 6.65. The van der Waals surface area contributed by atoms with Crippen LogP contribution in [0.1, 0.15) is 47.5 Å². The number of aromatic nitrogens is 1. The number of nitrogens with zero attached hydrogens (tertiary/aromatic N) is 3. The molecule has 1 saturated heterocycles. The summed E-state index contributed by atoms with van der Waals surface area (Å²) in [6, 6.07) is 1.70. The van der Waals surface area contributed by atoms with Crippen LogP contribution in [0.15, 0.2) is 39.8 Å². The fourth-order valence-electron chi connectivity index (χ4n) is 4.51. The van der Waals surface area contributed by atoms with Gasteiger partial charge in [-0.2, -0.15) is 0 Å². The number of amidine groups is 1. The van der Waals surface area contributed by atoms with Gasteiger partial charge in [-0.1, -0.05) is 17.7 Å². The summed E-state index contributed by atoms with van der Waals surface area (Å²) in [7, 11) is 1.19. The van der Waals surface area contributed by atoms with Crippen LogP contribution in [0.4, 0.5) is 13.2 Å². The van der Waals surface area contributed by atoms with Gasteiger partial charge in [-0.3, -0.25) is 9.89 Å². The van der Waals surface area contributed by atoms with Crippen LogP contribution in [-0.2, 0) is 14.3 Å². The van der Waals surface area contributed by atoms with E-state index in [1.807, 2.05) is 5.38 Å². The molecule has 2 aliphatic heterocycles. The standard InChI is InChI=1S/C24H22ClF3N4O3S/c1-35-23(34)19-17(8-32-11-24(27,28)7-14(32)9-33)29-21(22-30-18(10-36-22)12-2-3-12)31-20(19)15-5-4-13(26)6-16(15)25/h4-6,9-10,12,14,20H,2-3,7-8,11H2,1H3,(H,29,31)/t14?,20-/m0/s1. The van der Waals surface area contributed by atoms with Gasteiger partial charge in [0.15, 0.2) is 10.8 Å². The second-order valence-corrected chi connectivity index (χ2v) is 10.3. The zero-order valence-corrected chi connectivity index (χ0v) is 20.7. The monoisotopic (exact) mass is 538 g/mol. The predicted molar refractivity (Wildman–Crippen MR) is 128 cm³/mol. The Balaban J connectivity index is 1.60. The van der Waals surface area contributed by atoms with Gasteiger partial charge in [-0.05, 0) is 25.0 Å². The van der Waals surface area contributed by atoms with Crippen molar-refractivity contribution >= 4 is 41.0 Å². The smallest absolute Gasteiger partial charge is 0.338 e. The van der Waals surface area contributed by atoms with E-state index in [9.17, 15) is 22.8 Å². The maximum atomic E-state index is 14.2. The molecule has 2 atom stereocenters. The number of alkyl halides is 2. The van der Waals surface area contributed by atoms with Crippen LogP contribution < -0.4 is 5.32 Å². The largest absolute Gasteiger partial charge is 0.466 e. The molecule has 0 radical (unpaired) electrons. The molecule has 0 spiro atoms. The molecule has 1 unspecified atom stereocenters. The fraction of sp³-hybridized carbons (Fsp3) is 0.417. The Morgan fingerprint density at radius 1 is 1.39 bits per heavy atom. The van der Waals surface area contributed by atoms with E-state index in [1.54, 1.807) is 0 Å². The minimum atomic E-state index is -3.04. The summed E-state index contributed by atoms with van der Waals surface area (Å²) in [6.07, 6.45) is 1.99. The molecule has 3 aliphatic rings. The van der Waals surface area contributed by atoms with Crippen molar-refractivity contribution in [3.05, 3.63) is 62.0 Å². The summed E-state index contributed by atoms with van der Waals surface area (Å²) in [6.45, 7) is -0.813. The van der Waals surface area contributed by atoms with Crippen molar-refractivity contribution in [3.63, 3.8) is 0 Å². The highest BCUT2D eigenvalue weighted by Gasteiger charge is 2.46. The van der Waals surface area contributed by atoms with Crippen molar-refractivity contribution in [3.8, 4) is 0 Å². The van der Waals surface area contributed by atoms with Gasteiger partial charge in [0.2, 0.25) is 0 Å². The molecule has 1 aromatic carbocycles. The number of ether oxygens (including phenoxy) is 1. The fourth-order valence-corrected chi connectivity index (χ4v) is 5.64. The third-order valence-corrected chi connectivity index (χ3v) is 7.63. The molecule has 2 fully saturated rings. The minimum absolute atomic E-state index is 0.0357. The lowest BCUT2D eigenvalue weighted by Crippen LogP contribution is -2.41. The number of rotatable bonds is 7. The molecule has 0 amide bonds. The highest BCUT2D eigenvalue weighted by Crippen LogP contribution is 2.41. The molecule has 5 rings (SSSR count). The number of hydrogen-bond donors (Lipinski definition) is 1. The van der Waals surface area contributed by atoms with E-state index in [1.165, 1.54) is 35.5 Å². The quantitative estimate of drug-likeness (QED) is 0.419. The van der Waals surface area contributed by atoms with Crippen LogP contribution in [0.5, 0.6) is 0 Å². The molecule has 1 aromatic heterocycles. The van der Waals surface area contributed by atoms with Gasteiger partial charge in [0.05, 0.1) is 31.0 Å². The number of carbonyl (C=O) groups is 2. The molecule has 1 saturated carbocycles. The van der Waals surface area contributed by atoms with Crippen LogP contribution in [0.2, 0.25) is 5.02 Å². The Labute approximate surface area is 214 Å². The number of hydrogen-bond acceptors (Lipinski definition) is 8. The summed E-state index contributed by atoms with van der Waals surface area (Å²) >= 11 is 7.72. The molecule has 1 N–H and O–H groups in total. The average molecular weight is 539 g/mol. The van der Waals surface area contributed by atoms with Crippen molar-refractivity contribution < 1.29 is 27.5 Å². The number of aliphatic imine (C=N–C) groups is 1. The zero-order chi connectivity index (χ0) is 25.6. The number of likely N-dealkylation sites (tertiary alicyclic amines) is 1. The molecule has 2 aromatic rings. The summed E-state index contributed by atoms with van der Waals surface area (Å²) < 4.78 is 47.1. The van der Waals surface area contributed by atoms with Crippen molar-refractivity contribution in [1.29, 1.82) is 0 Å². The number of carbonyl (C=O) groups excluding carboxylic acids is 2. The maximum absolute atomic E-state index is 14.2. The Bertz CT molecular complexity index is 1280. The van der Waals surface area contributed by atoms with E-state index in [-0.39, 0.29) is 22.8 Å². The van der Waals surface area contributed by atoms with Crippen LogP contribution >= 0.6 is 22.9 Å². The van der Waals surface area contributed by atoms with Gasteiger partial charge in [0.1, 0.15) is 18.1 Å². The van der Waals surface area contributed by atoms with E-state index < -0.39 is 42.8 Å². The predicted octanol–water partition coefficient (Wildman–Crippen LogP) is 4.24. The van der Waals surface area contributed by atoms with Crippen molar-refractivity contribution in [2.75, 3.05) is 20.2 Å². The topological polar surface area (TPSA) is 83.9 Å². The van der Waals surface area contributed by atoms with E-state index >= 15 is 0 Å². The maximum Gasteiger partial charge on any atom is 0.338 e. The lowest BCUT2D eigenvalue weighted by molar-refractivity contribution is -0.136. The first-order chi connectivity index (χ1) is 17.2. The van der Waals surface area contributed by atoms with E-state index in [2.05, 4.69) is 10.3 Å². The summed E-state index contributed by atoms with van der Waals surface area (Å²) in [5.74, 6) is -3.63. The average Bonchev–Trinajstić information content (AvgIpc) is 3.48. The first kappa shape index (κ1) is 24.9. The molecule has 12 heteroatoms. The Morgan fingerprint density at radius 3 is 2.83 bits per heavy atom. The third-order valence-electron chi connectivity index (χ3n) is 6.44. The van der Waals surface area contributed by atoms with Crippen molar-refractivity contribution in [2.24, 2.45) is 4.99 Å². The molecule has 190 valence electrons. The van der Waals surface area contributed by atoms with Crippen molar-refractivity contribution in [2.45, 2.75) is 43.2 Å². The van der Waals surface area contributed by atoms with Gasteiger partial charge in [0, 0.05) is 40.5 Å². The van der Waals surface area contributed by atoms with Gasteiger partial charge in [-0.15, -0.1) is 11.3 Å². The van der Waals surface area contributed by atoms with Crippen LogP contribution in [0.3, 0.4) is 0 Å². The molecule has 3 heterocycles. The lowest BCUT2D eigenvalue weighted by atomic mass is 9.95. The lowest BCUT2D eigenvalue weighted by Gasteiger charge is -2.30. The molecule has 1 aliphatic carbocycles. The molecule has 36 heavy (non-hydrogen) atoms. The summed E-state index contributed by atoms with van der Waals surface area (Å²) in [5.41, 5.74) is 1.56. The molecular weight excluding hydrogens is 517 g/mol. The van der Waals surface area contributed by atoms with Gasteiger partial charge >= 0.3 is 5.97 Å².